The molecule has 1 heterocycles. The number of likely N-dealkylation sites (N-methyl/N-ethyl adjacent to an activating group) is 1. The van der Waals surface area contributed by atoms with Crippen LogP contribution in [0.15, 0.2) is 51.0 Å². The number of carbonyl (C=O) groups excluding carboxylic acids is 1. The summed E-state index contributed by atoms with van der Waals surface area (Å²) in [5.74, 6) is -0.218. The SMILES string of the molecule is CSc1ccc(CN(C)C(=O)/C=C/c2cn(C)c(=O)n(C)c2=O)cc1. The molecular formula is C18H21N3O3S. The quantitative estimate of drug-likeness (QED) is 0.599. The summed E-state index contributed by atoms with van der Waals surface area (Å²) in [5.41, 5.74) is 0.484. The predicted molar refractivity (Wildman–Crippen MR) is 101 cm³/mol. The molecule has 0 fully saturated rings. The number of amides is 1. The molecule has 0 atom stereocenters. The van der Waals surface area contributed by atoms with Gasteiger partial charge in [0.1, 0.15) is 0 Å². The highest BCUT2D eigenvalue weighted by Gasteiger charge is 2.08. The number of aryl methyl sites for hydroxylation is 1. The van der Waals surface area contributed by atoms with Crippen molar-refractivity contribution in [2.24, 2.45) is 14.1 Å². The molecule has 0 aliphatic rings. The van der Waals surface area contributed by atoms with E-state index in [0.29, 0.717) is 6.54 Å². The van der Waals surface area contributed by atoms with Crippen LogP contribution in [-0.2, 0) is 25.4 Å². The first-order valence-electron chi connectivity index (χ1n) is 7.66. The highest BCUT2D eigenvalue weighted by Crippen LogP contribution is 2.15. The number of aromatic nitrogens is 2. The maximum absolute atomic E-state index is 12.2. The van der Waals surface area contributed by atoms with Crippen molar-refractivity contribution in [1.82, 2.24) is 14.0 Å². The van der Waals surface area contributed by atoms with Crippen LogP contribution in [0.1, 0.15) is 11.1 Å². The molecule has 0 N–H and O–H groups in total. The third-order valence-corrected chi connectivity index (χ3v) is 4.58. The Morgan fingerprint density at radius 1 is 1.20 bits per heavy atom. The molecule has 1 amide bonds. The third-order valence-electron chi connectivity index (χ3n) is 3.83. The molecule has 0 unspecified atom stereocenters. The fourth-order valence-corrected chi connectivity index (χ4v) is 2.73. The summed E-state index contributed by atoms with van der Waals surface area (Å²) in [6, 6.07) is 8.01. The van der Waals surface area contributed by atoms with Crippen molar-refractivity contribution in [2.75, 3.05) is 13.3 Å². The summed E-state index contributed by atoms with van der Waals surface area (Å²) in [4.78, 5) is 38.7. The topological polar surface area (TPSA) is 64.3 Å². The first kappa shape index (κ1) is 18.8. The Morgan fingerprint density at radius 2 is 1.84 bits per heavy atom. The van der Waals surface area contributed by atoms with E-state index in [9.17, 15) is 14.4 Å². The Balaban J connectivity index is 2.11. The molecule has 132 valence electrons. The Hall–Kier alpha value is -2.54. The number of carbonyl (C=O) groups is 1. The molecule has 2 aromatic rings. The second kappa shape index (κ2) is 8.02. The molecule has 0 bridgehead atoms. The predicted octanol–water partition coefficient (Wildman–Crippen LogP) is 1.48. The van der Waals surface area contributed by atoms with Gasteiger partial charge in [-0.1, -0.05) is 12.1 Å². The minimum Gasteiger partial charge on any atom is -0.338 e. The summed E-state index contributed by atoms with van der Waals surface area (Å²) in [6.45, 7) is 0.475. The molecule has 1 aromatic heterocycles. The molecule has 6 nitrogen and oxygen atoms in total. The van der Waals surface area contributed by atoms with E-state index in [1.165, 1.54) is 34.9 Å². The molecule has 7 heteroatoms. The second-order valence-corrected chi connectivity index (χ2v) is 6.60. The molecule has 0 saturated heterocycles. The molecule has 0 aliphatic carbocycles. The standard InChI is InChI=1S/C18H21N3O3S/c1-19(11-13-5-8-15(25-4)9-6-13)16(22)10-7-14-12-20(2)18(24)21(3)17(14)23/h5-10,12H,11H2,1-4H3/b10-7+. The molecule has 2 rings (SSSR count). The molecule has 0 saturated carbocycles. The lowest BCUT2D eigenvalue weighted by Crippen LogP contribution is -2.37. The van der Waals surface area contributed by atoms with Gasteiger partial charge >= 0.3 is 5.69 Å². The van der Waals surface area contributed by atoms with Crippen LogP contribution < -0.4 is 11.2 Å². The number of nitrogens with zero attached hydrogens (tertiary/aromatic N) is 3. The second-order valence-electron chi connectivity index (χ2n) is 5.72. The number of thioether (sulfide) groups is 1. The average molecular weight is 359 g/mol. The number of hydrogen-bond donors (Lipinski definition) is 0. The first-order chi connectivity index (χ1) is 11.8. The van der Waals surface area contributed by atoms with E-state index < -0.39 is 11.2 Å². The summed E-state index contributed by atoms with van der Waals surface area (Å²) in [5, 5.41) is 0. The molecule has 25 heavy (non-hydrogen) atoms. The lowest BCUT2D eigenvalue weighted by atomic mass is 10.2. The van der Waals surface area contributed by atoms with Crippen molar-refractivity contribution < 1.29 is 4.79 Å². The Kier molecular flexibility index (Phi) is 6.03. The van der Waals surface area contributed by atoms with Crippen LogP contribution in [0, 0.1) is 0 Å². The molecule has 0 radical (unpaired) electrons. The van der Waals surface area contributed by atoms with E-state index in [2.05, 4.69) is 0 Å². The van der Waals surface area contributed by atoms with Gasteiger partial charge in [-0.25, -0.2) is 4.79 Å². The van der Waals surface area contributed by atoms with Gasteiger partial charge in [0.15, 0.2) is 0 Å². The van der Waals surface area contributed by atoms with Gasteiger partial charge < -0.3 is 9.47 Å². The van der Waals surface area contributed by atoms with Crippen LogP contribution in [-0.4, -0.2) is 33.2 Å². The maximum atomic E-state index is 12.2. The lowest BCUT2D eigenvalue weighted by molar-refractivity contribution is -0.125. The van der Waals surface area contributed by atoms with E-state index in [0.717, 1.165) is 10.1 Å². The molecule has 0 spiro atoms. The minimum atomic E-state index is -0.428. The average Bonchev–Trinajstić information content (AvgIpc) is 2.62. The highest BCUT2D eigenvalue weighted by molar-refractivity contribution is 7.98. The van der Waals surface area contributed by atoms with Gasteiger partial charge in [-0.15, -0.1) is 11.8 Å². The van der Waals surface area contributed by atoms with Crippen LogP contribution in [0.4, 0.5) is 0 Å². The normalized spacial score (nSPS) is 11.0. The van der Waals surface area contributed by atoms with Crippen LogP contribution in [0.25, 0.3) is 6.08 Å². The van der Waals surface area contributed by atoms with Gasteiger partial charge in [0, 0.05) is 44.9 Å². The number of rotatable bonds is 5. The fraction of sp³-hybridized carbons (Fsp3) is 0.278. The molecule has 0 aliphatic heterocycles. The van der Waals surface area contributed by atoms with Crippen molar-refractivity contribution in [3.63, 3.8) is 0 Å². The summed E-state index contributed by atoms with van der Waals surface area (Å²) >= 11 is 1.67. The highest BCUT2D eigenvalue weighted by atomic mass is 32.2. The number of benzene rings is 1. The van der Waals surface area contributed by atoms with Crippen molar-refractivity contribution >= 4 is 23.7 Å². The smallest absolute Gasteiger partial charge is 0.330 e. The Morgan fingerprint density at radius 3 is 2.44 bits per heavy atom. The van der Waals surface area contributed by atoms with E-state index >= 15 is 0 Å². The van der Waals surface area contributed by atoms with Crippen LogP contribution in [0.3, 0.4) is 0 Å². The van der Waals surface area contributed by atoms with Gasteiger partial charge in [0.2, 0.25) is 5.91 Å². The fourth-order valence-electron chi connectivity index (χ4n) is 2.32. The van der Waals surface area contributed by atoms with Crippen molar-refractivity contribution in [3.8, 4) is 0 Å². The Bertz CT molecular complexity index is 911. The van der Waals surface area contributed by atoms with E-state index in [1.54, 1.807) is 30.8 Å². The zero-order valence-corrected chi connectivity index (χ0v) is 15.5. The third kappa shape index (κ3) is 4.51. The first-order valence-corrected chi connectivity index (χ1v) is 8.88. The van der Waals surface area contributed by atoms with Gasteiger partial charge in [0.05, 0.1) is 5.56 Å². The molecule has 1 aromatic carbocycles. The van der Waals surface area contributed by atoms with E-state index in [-0.39, 0.29) is 11.5 Å². The maximum Gasteiger partial charge on any atom is 0.330 e. The van der Waals surface area contributed by atoms with E-state index in [1.807, 2.05) is 30.5 Å². The van der Waals surface area contributed by atoms with Gasteiger partial charge in [0.25, 0.3) is 5.56 Å². The monoisotopic (exact) mass is 359 g/mol. The largest absolute Gasteiger partial charge is 0.338 e. The lowest BCUT2D eigenvalue weighted by Gasteiger charge is -2.15. The van der Waals surface area contributed by atoms with E-state index in [4.69, 9.17) is 0 Å². The Labute approximate surface area is 150 Å². The van der Waals surface area contributed by atoms with Crippen LogP contribution in [0.2, 0.25) is 0 Å². The van der Waals surface area contributed by atoms with Crippen LogP contribution >= 0.6 is 11.8 Å². The summed E-state index contributed by atoms with van der Waals surface area (Å²) in [7, 11) is 4.67. The van der Waals surface area contributed by atoms with Crippen molar-refractivity contribution in [3.05, 3.63) is 68.5 Å². The van der Waals surface area contributed by atoms with Crippen LogP contribution in [0.5, 0.6) is 0 Å². The summed E-state index contributed by atoms with van der Waals surface area (Å²) in [6.07, 6.45) is 6.23. The minimum absolute atomic E-state index is 0.218. The zero-order valence-electron chi connectivity index (χ0n) is 14.7. The van der Waals surface area contributed by atoms with Crippen molar-refractivity contribution in [1.29, 1.82) is 0 Å². The zero-order chi connectivity index (χ0) is 18.6. The summed E-state index contributed by atoms with van der Waals surface area (Å²) < 4.78 is 2.32. The van der Waals surface area contributed by atoms with Gasteiger partial charge in [-0.3, -0.25) is 14.2 Å². The van der Waals surface area contributed by atoms with Gasteiger partial charge in [-0.05, 0) is 30.0 Å². The van der Waals surface area contributed by atoms with Gasteiger partial charge in [-0.2, -0.15) is 0 Å². The molecular weight excluding hydrogens is 338 g/mol. The van der Waals surface area contributed by atoms with Crippen molar-refractivity contribution in [2.45, 2.75) is 11.4 Å². The number of hydrogen-bond acceptors (Lipinski definition) is 4.